The normalized spacial score (nSPS) is 29.6. The molecule has 1 aromatic heterocycles. The summed E-state index contributed by atoms with van der Waals surface area (Å²) in [5.41, 5.74) is 5.68. The number of fused-ring (bicyclic) bond motifs is 1. The van der Waals surface area contributed by atoms with E-state index in [2.05, 4.69) is 19.9 Å². The zero-order valence-corrected chi connectivity index (χ0v) is 11.0. The number of nitrogens with zero attached hydrogens (tertiary/aromatic N) is 4. The number of ether oxygens (including phenoxy) is 1. The minimum Gasteiger partial charge on any atom is -0.464 e. The smallest absolute Gasteiger partial charge is 0.323 e. The van der Waals surface area contributed by atoms with Gasteiger partial charge in [-0.3, -0.25) is 0 Å². The van der Waals surface area contributed by atoms with Gasteiger partial charge >= 0.3 is 6.01 Å². The van der Waals surface area contributed by atoms with Gasteiger partial charge in [-0.25, -0.2) is 0 Å². The van der Waals surface area contributed by atoms with Crippen molar-refractivity contribution in [3.05, 3.63) is 0 Å². The van der Waals surface area contributed by atoms with E-state index in [0.29, 0.717) is 24.4 Å². The van der Waals surface area contributed by atoms with Gasteiger partial charge in [0.15, 0.2) is 0 Å². The molecule has 1 aromatic rings. The molecule has 7 nitrogen and oxygen atoms in total. The van der Waals surface area contributed by atoms with Crippen molar-refractivity contribution in [3.63, 3.8) is 0 Å². The molecule has 104 valence electrons. The summed E-state index contributed by atoms with van der Waals surface area (Å²) in [4.78, 5) is 14.5. The first-order chi connectivity index (χ1) is 9.17. The number of nitrogens with two attached hydrogens (primary N) is 1. The molecular weight excluding hydrogens is 246 g/mol. The largest absolute Gasteiger partial charge is 0.464 e. The van der Waals surface area contributed by atoms with Crippen LogP contribution in [0.1, 0.15) is 19.8 Å². The van der Waals surface area contributed by atoms with Crippen molar-refractivity contribution in [2.45, 2.75) is 25.9 Å². The maximum Gasteiger partial charge on any atom is 0.323 e. The maximum atomic E-state index is 9.93. The van der Waals surface area contributed by atoms with Crippen molar-refractivity contribution >= 4 is 11.9 Å². The predicted octanol–water partition coefficient (Wildman–Crippen LogP) is 0.0596. The lowest BCUT2D eigenvalue weighted by Gasteiger charge is -2.18. The molecule has 7 heteroatoms. The fourth-order valence-electron chi connectivity index (χ4n) is 3.10. The van der Waals surface area contributed by atoms with Crippen LogP contribution in [0.25, 0.3) is 0 Å². The molecule has 3 N–H and O–H groups in total. The van der Waals surface area contributed by atoms with Gasteiger partial charge in [0.2, 0.25) is 11.9 Å². The Morgan fingerprint density at radius 3 is 2.89 bits per heavy atom. The lowest BCUT2D eigenvalue weighted by Crippen LogP contribution is -2.26. The van der Waals surface area contributed by atoms with Gasteiger partial charge < -0.3 is 20.5 Å². The number of aromatic nitrogens is 3. The lowest BCUT2D eigenvalue weighted by molar-refractivity contribution is 0.133. The average Bonchev–Trinajstić information content (AvgIpc) is 2.92. The molecule has 0 amide bonds. The number of aliphatic hydroxyl groups excluding tert-OH is 1. The standard InChI is InChI=1S/C12H19N5O2/c1-2-19-12-15-10(13)14-11(16-12)17-5-7-3-4-9(18)8(7)6-17/h7-9,18H,2-6H2,1H3,(H2,13,14,15,16). The zero-order chi connectivity index (χ0) is 13.4. The van der Waals surface area contributed by atoms with Crippen molar-refractivity contribution in [3.8, 4) is 6.01 Å². The molecule has 1 aliphatic carbocycles. The molecule has 0 radical (unpaired) electrons. The Kier molecular flexibility index (Phi) is 3.14. The van der Waals surface area contributed by atoms with E-state index in [9.17, 15) is 5.11 Å². The third kappa shape index (κ3) is 2.30. The molecule has 19 heavy (non-hydrogen) atoms. The Labute approximate surface area is 111 Å². The molecular formula is C12H19N5O2. The molecule has 1 aliphatic heterocycles. The van der Waals surface area contributed by atoms with Crippen LogP contribution < -0.4 is 15.4 Å². The molecule has 1 saturated heterocycles. The van der Waals surface area contributed by atoms with E-state index in [4.69, 9.17) is 10.5 Å². The number of hydrogen-bond donors (Lipinski definition) is 2. The summed E-state index contributed by atoms with van der Waals surface area (Å²) >= 11 is 0. The highest BCUT2D eigenvalue weighted by atomic mass is 16.5. The lowest BCUT2D eigenvalue weighted by atomic mass is 10.00. The van der Waals surface area contributed by atoms with Crippen molar-refractivity contribution in [2.24, 2.45) is 11.8 Å². The summed E-state index contributed by atoms with van der Waals surface area (Å²) in [5, 5.41) is 9.93. The van der Waals surface area contributed by atoms with Crippen LogP contribution in [0.2, 0.25) is 0 Å². The monoisotopic (exact) mass is 265 g/mol. The van der Waals surface area contributed by atoms with Crippen molar-refractivity contribution in [1.82, 2.24) is 15.0 Å². The molecule has 1 saturated carbocycles. The molecule has 2 heterocycles. The molecule has 0 bridgehead atoms. The summed E-state index contributed by atoms with van der Waals surface area (Å²) in [6.45, 7) is 4.01. The van der Waals surface area contributed by atoms with E-state index in [1.165, 1.54) is 0 Å². The third-order valence-corrected chi connectivity index (χ3v) is 4.00. The fourth-order valence-corrected chi connectivity index (χ4v) is 3.10. The second kappa shape index (κ2) is 4.80. The van der Waals surface area contributed by atoms with Crippen molar-refractivity contribution < 1.29 is 9.84 Å². The van der Waals surface area contributed by atoms with E-state index in [0.717, 1.165) is 25.9 Å². The SMILES string of the molecule is CCOc1nc(N)nc(N2CC3CCC(O)C3C2)n1. The van der Waals surface area contributed by atoms with Crippen LogP contribution in [-0.4, -0.2) is 45.9 Å². The van der Waals surface area contributed by atoms with E-state index < -0.39 is 0 Å². The Hall–Kier alpha value is -1.63. The summed E-state index contributed by atoms with van der Waals surface area (Å²) in [5.74, 6) is 1.58. The Morgan fingerprint density at radius 1 is 1.32 bits per heavy atom. The van der Waals surface area contributed by atoms with Crippen LogP contribution in [0.3, 0.4) is 0 Å². The van der Waals surface area contributed by atoms with E-state index in [1.807, 2.05) is 6.92 Å². The van der Waals surface area contributed by atoms with Crippen LogP contribution in [0.4, 0.5) is 11.9 Å². The van der Waals surface area contributed by atoms with Gasteiger partial charge in [-0.1, -0.05) is 0 Å². The highest BCUT2D eigenvalue weighted by Crippen LogP contribution is 2.39. The van der Waals surface area contributed by atoms with Gasteiger partial charge in [0.25, 0.3) is 0 Å². The molecule has 2 aliphatic rings. The summed E-state index contributed by atoms with van der Waals surface area (Å²) in [6.07, 6.45) is 1.79. The van der Waals surface area contributed by atoms with Gasteiger partial charge in [0, 0.05) is 19.0 Å². The highest BCUT2D eigenvalue weighted by molar-refractivity contribution is 5.38. The van der Waals surface area contributed by atoms with Gasteiger partial charge in [0.1, 0.15) is 0 Å². The fraction of sp³-hybridized carbons (Fsp3) is 0.750. The number of anilines is 2. The second-order valence-electron chi connectivity index (χ2n) is 5.18. The maximum absolute atomic E-state index is 9.93. The first-order valence-electron chi connectivity index (χ1n) is 6.74. The number of rotatable bonds is 3. The number of hydrogen-bond acceptors (Lipinski definition) is 7. The first kappa shape index (κ1) is 12.4. The Bertz CT molecular complexity index is 469. The summed E-state index contributed by atoms with van der Waals surface area (Å²) in [7, 11) is 0. The number of aliphatic hydroxyl groups is 1. The number of nitrogen functional groups attached to an aromatic ring is 1. The summed E-state index contributed by atoms with van der Waals surface area (Å²) in [6, 6.07) is 0.266. The average molecular weight is 265 g/mol. The quantitative estimate of drug-likeness (QED) is 0.797. The summed E-state index contributed by atoms with van der Waals surface area (Å²) < 4.78 is 5.28. The molecule has 0 aromatic carbocycles. The van der Waals surface area contributed by atoms with Gasteiger partial charge in [-0.2, -0.15) is 15.0 Å². The Morgan fingerprint density at radius 2 is 2.16 bits per heavy atom. The van der Waals surface area contributed by atoms with Gasteiger partial charge in [-0.05, 0) is 25.7 Å². The first-order valence-corrected chi connectivity index (χ1v) is 6.74. The highest BCUT2D eigenvalue weighted by Gasteiger charge is 2.42. The minimum absolute atomic E-state index is 0.172. The van der Waals surface area contributed by atoms with Crippen LogP contribution in [0.15, 0.2) is 0 Å². The molecule has 3 atom stereocenters. The van der Waals surface area contributed by atoms with Gasteiger partial charge in [0.05, 0.1) is 12.7 Å². The van der Waals surface area contributed by atoms with E-state index in [-0.39, 0.29) is 18.1 Å². The topological polar surface area (TPSA) is 97.4 Å². The third-order valence-electron chi connectivity index (χ3n) is 4.00. The molecule has 3 unspecified atom stereocenters. The van der Waals surface area contributed by atoms with Crippen LogP contribution in [0, 0.1) is 11.8 Å². The molecule has 3 rings (SSSR count). The predicted molar refractivity (Wildman–Crippen MR) is 69.8 cm³/mol. The molecule has 2 fully saturated rings. The molecule has 0 spiro atoms. The zero-order valence-electron chi connectivity index (χ0n) is 11.0. The van der Waals surface area contributed by atoms with Gasteiger partial charge in [-0.15, -0.1) is 0 Å². The van der Waals surface area contributed by atoms with Crippen molar-refractivity contribution in [2.75, 3.05) is 30.3 Å². The second-order valence-corrected chi connectivity index (χ2v) is 5.18. The van der Waals surface area contributed by atoms with Crippen LogP contribution >= 0.6 is 0 Å². The van der Waals surface area contributed by atoms with E-state index >= 15 is 0 Å². The van der Waals surface area contributed by atoms with E-state index in [1.54, 1.807) is 0 Å². The minimum atomic E-state index is -0.194. The Balaban J connectivity index is 1.79. The van der Waals surface area contributed by atoms with Crippen LogP contribution in [-0.2, 0) is 0 Å². The van der Waals surface area contributed by atoms with Crippen LogP contribution in [0.5, 0.6) is 6.01 Å². The van der Waals surface area contributed by atoms with Crippen molar-refractivity contribution in [1.29, 1.82) is 0 Å².